The van der Waals surface area contributed by atoms with Crippen LogP contribution in [0.2, 0.25) is 0 Å². The third kappa shape index (κ3) is 3.65. The van der Waals surface area contributed by atoms with Crippen LogP contribution in [0.4, 0.5) is 5.69 Å². The van der Waals surface area contributed by atoms with E-state index in [0.717, 1.165) is 23.2 Å². The van der Waals surface area contributed by atoms with Crippen molar-refractivity contribution in [2.24, 2.45) is 0 Å². The lowest BCUT2D eigenvalue weighted by Gasteiger charge is -2.23. The van der Waals surface area contributed by atoms with E-state index in [1.165, 1.54) is 24.3 Å². The van der Waals surface area contributed by atoms with Crippen molar-refractivity contribution in [2.45, 2.75) is 31.6 Å². The van der Waals surface area contributed by atoms with Gasteiger partial charge in [0.2, 0.25) is 0 Å². The average Bonchev–Trinajstić information content (AvgIpc) is 2.47. The molecule has 1 aliphatic rings. The Bertz CT molecular complexity index is 420. The number of anilines is 1. The maximum atomic E-state index is 5.93. The summed E-state index contributed by atoms with van der Waals surface area (Å²) in [5.74, 6) is 1.22. The van der Waals surface area contributed by atoms with Crippen molar-refractivity contribution >= 4 is 33.4 Å². The van der Waals surface area contributed by atoms with Crippen molar-refractivity contribution in [1.82, 2.24) is 4.90 Å². The molecule has 1 saturated heterocycles. The Labute approximate surface area is 122 Å². The number of halogens is 1. The molecule has 1 heterocycles. The van der Waals surface area contributed by atoms with E-state index in [0.29, 0.717) is 4.75 Å². The van der Waals surface area contributed by atoms with Gasteiger partial charge in [0.15, 0.2) is 0 Å². The molecule has 2 nitrogen and oxygen atoms in total. The second-order valence-corrected chi connectivity index (χ2v) is 8.05. The van der Waals surface area contributed by atoms with Crippen LogP contribution in [-0.4, -0.2) is 28.5 Å². The highest BCUT2D eigenvalue weighted by Gasteiger charge is 2.23. The van der Waals surface area contributed by atoms with Gasteiger partial charge >= 0.3 is 0 Å². The first-order valence-electron chi connectivity index (χ1n) is 6.37. The van der Waals surface area contributed by atoms with Crippen LogP contribution in [0.25, 0.3) is 0 Å². The van der Waals surface area contributed by atoms with Crippen molar-refractivity contribution in [3.8, 4) is 0 Å². The Morgan fingerprint density at radius 1 is 1.39 bits per heavy atom. The Morgan fingerprint density at radius 2 is 2.17 bits per heavy atom. The number of hydrogen-bond acceptors (Lipinski definition) is 3. The molecular formula is C14H21BrN2S. The smallest absolute Gasteiger partial charge is 0.0461 e. The van der Waals surface area contributed by atoms with Crippen molar-refractivity contribution in [2.75, 3.05) is 24.6 Å². The highest BCUT2D eigenvalue weighted by molar-refractivity contribution is 9.10. The minimum atomic E-state index is 0.418. The number of nitrogen functional groups attached to an aromatic ring is 1. The molecule has 0 amide bonds. The largest absolute Gasteiger partial charge is 0.398 e. The molecule has 100 valence electrons. The predicted molar refractivity (Wildman–Crippen MR) is 85.0 cm³/mol. The summed E-state index contributed by atoms with van der Waals surface area (Å²) in [7, 11) is 0. The van der Waals surface area contributed by atoms with Gasteiger partial charge in [0.25, 0.3) is 0 Å². The van der Waals surface area contributed by atoms with Crippen LogP contribution >= 0.6 is 27.7 Å². The predicted octanol–water partition coefficient (Wildman–Crippen LogP) is 3.75. The van der Waals surface area contributed by atoms with E-state index in [4.69, 9.17) is 5.73 Å². The topological polar surface area (TPSA) is 29.3 Å². The van der Waals surface area contributed by atoms with Gasteiger partial charge in [-0.2, -0.15) is 11.8 Å². The van der Waals surface area contributed by atoms with Gasteiger partial charge < -0.3 is 5.73 Å². The second kappa shape index (κ2) is 5.85. The minimum absolute atomic E-state index is 0.418. The molecular weight excluding hydrogens is 308 g/mol. The zero-order valence-electron chi connectivity index (χ0n) is 11.1. The lowest BCUT2D eigenvalue weighted by atomic mass is 10.1. The molecule has 18 heavy (non-hydrogen) atoms. The van der Waals surface area contributed by atoms with E-state index in [9.17, 15) is 0 Å². The molecule has 1 aromatic rings. The first-order chi connectivity index (χ1) is 8.48. The van der Waals surface area contributed by atoms with Gasteiger partial charge in [-0.15, -0.1) is 0 Å². The quantitative estimate of drug-likeness (QED) is 0.838. The molecule has 4 heteroatoms. The van der Waals surface area contributed by atoms with Crippen LogP contribution in [0.3, 0.4) is 0 Å². The highest BCUT2D eigenvalue weighted by Crippen LogP contribution is 2.32. The molecule has 0 spiro atoms. The average molecular weight is 329 g/mol. The lowest BCUT2D eigenvalue weighted by molar-refractivity contribution is 0.276. The maximum Gasteiger partial charge on any atom is 0.0461 e. The Morgan fingerprint density at radius 3 is 2.94 bits per heavy atom. The zero-order valence-corrected chi connectivity index (χ0v) is 13.5. The monoisotopic (exact) mass is 328 g/mol. The fourth-order valence-corrected chi connectivity index (χ4v) is 3.71. The molecule has 0 atom stereocenters. The summed E-state index contributed by atoms with van der Waals surface area (Å²) in [5.41, 5.74) is 8.05. The molecule has 0 aromatic heterocycles. The van der Waals surface area contributed by atoms with Gasteiger partial charge in [-0.1, -0.05) is 26.0 Å². The van der Waals surface area contributed by atoms with Crippen LogP contribution in [0.15, 0.2) is 22.7 Å². The Hall–Kier alpha value is -0.190. The summed E-state index contributed by atoms with van der Waals surface area (Å²) in [5, 5.41) is 0. The van der Waals surface area contributed by atoms with Crippen molar-refractivity contribution in [3.63, 3.8) is 0 Å². The Kier molecular flexibility index (Phi) is 4.62. The number of thioether (sulfide) groups is 1. The lowest BCUT2D eigenvalue weighted by Crippen LogP contribution is -2.27. The molecule has 1 aromatic carbocycles. The molecule has 0 unspecified atom stereocenters. The van der Waals surface area contributed by atoms with Crippen molar-refractivity contribution < 1.29 is 0 Å². The van der Waals surface area contributed by atoms with Gasteiger partial charge in [0.05, 0.1) is 0 Å². The van der Waals surface area contributed by atoms with Crippen LogP contribution in [0, 0.1) is 0 Å². The number of benzene rings is 1. The number of rotatable bonds is 2. The molecule has 0 aliphatic carbocycles. The minimum Gasteiger partial charge on any atom is -0.398 e. The van der Waals surface area contributed by atoms with E-state index in [2.05, 4.69) is 52.5 Å². The van der Waals surface area contributed by atoms with Gasteiger partial charge in [-0.05, 0) is 40.5 Å². The van der Waals surface area contributed by atoms with Gasteiger partial charge in [-0.25, -0.2) is 0 Å². The number of nitrogens with two attached hydrogens (primary N) is 1. The molecule has 2 rings (SSSR count). The fraction of sp³-hybridized carbons (Fsp3) is 0.571. The number of hydrogen-bond donors (Lipinski definition) is 1. The van der Waals surface area contributed by atoms with Crippen molar-refractivity contribution in [1.29, 1.82) is 0 Å². The van der Waals surface area contributed by atoms with Gasteiger partial charge in [0, 0.05) is 33.7 Å². The molecule has 1 fully saturated rings. The highest BCUT2D eigenvalue weighted by atomic mass is 79.9. The van der Waals surface area contributed by atoms with Crippen molar-refractivity contribution in [3.05, 3.63) is 28.2 Å². The first kappa shape index (κ1) is 14.2. The molecule has 0 saturated carbocycles. The van der Waals surface area contributed by atoms with Crippen LogP contribution < -0.4 is 5.73 Å². The van der Waals surface area contributed by atoms with E-state index in [-0.39, 0.29) is 0 Å². The normalized spacial score (nSPS) is 20.6. The van der Waals surface area contributed by atoms with E-state index in [1.807, 2.05) is 12.1 Å². The van der Waals surface area contributed by atoms with E-state index in [1.54, 1.807) is 0 Å². The summed E-state index contributed by atoms with van der Waals surface area (Å²) < 4.78 is 1.47. The van der Waals surface area contributed by atoms with Crippen LogP contribution in [0.5, 0.6) is 0 Å². The summed E-state index contributed by atoms with van der Waals surface area (Å²) in [6, 6.07) is 6.13. The molecule has 0 bridgehead atoms. The number of nitrogens with zero attached hydrogens (tertiary/aromatic N) is 1. The molecule has 2 N–H and O–H groups in total. The zero-order chi connectivity index (χ0) is 13.2. The standard InChI is InChI=1S/C14H21BrN2S/c1-14(2)6-7-17(8-9-18-14)10-11-4-3-5-12(16)13(11)15/h3-5H,6-10,16H2,1-2H3. The van der Waals surface area contributed by atoms with E-state index >= 15 is 0 Å². The Balaban J connectivity index is 2.03. The second-order valence-electron chi connectivity index (χ2n) is 5.45. The first-order valence-corrected chi connectivity index (χ1v) is 8.15. The van der Waals surface area contributed by atoms with Crippen LogP contribution in [-0.2, 0) is 6.54 Å². The van der Waals surface area contributed by atoms with Crippen LogP contribution in [0.1, 0.15) is 25.8 Å². The summed E-state index contributed by atoms with van der Waals surface area (Å²) in [4.78, 5) is 2.53. The summed E-state index contributed by atoms with van der Waals surface area (Å²) >= 11 is 5.68. The maximum absolute atomic E-state index is 5.93. The summed E-state index contributed by atoms with van der Waals surface area (Å²) in [6.07, 6.45) is 1.25. The molecule has 0 radical (unpaired) electrons. The summed E-state index contributed by atoms with van der Waals surface area (Å²) in [6.45, 7) is 8.01. The van der Waals surface area contributed by atoms with E-state index < -0.39 is 0 Å². The third-order valence-electron chi connectivity index (χ3n) is 3.43. The molecule has 1 aliphatic heterocycles. The third-order valence-corrected chi connectivity index (χ3v) is 5.77. The fourth-order valence-electron chi connectivity index (χ4n) is 2.18. The SMILES string of the molecule is CC1(C)CCN(Cc2cccc(N)c2Br)CCS1. The van der Waals surface area contributed by atoms with Gasteiger partial charge in [0.1, 0.15) is 0 Å². The van der Waals surface area contributed by atoms with Gasteiger partial charge in [-0.3, -0.25) is 4.90 Å².